The zero-order valence-corrected chi connectivity index (χ0v) is 7.12. The topological polar surface area (TPSA) is 66.8 Å². The molecule has 1 aliphatic rings. The van der Waals surface area contributed by atoms with Crippen LogP contribution in [0.4, 0.5) is 0 Å². The standard InChI is InChI=1S/C8H14O4/c1-8(11,7(9)10)5-12-4-6-2-3-6/h6,11H,2-5H2,1H3,(H,9,10). The summed E-state index contributed by atoms with van der Waals surface area (Å²) in [5.41, 5.74) is -1.74. The number of rotatable bonds is 5. The minimum Gasteiger partial charge on any atom is -0.479 e. The van der Waals surface area contributed by atoms with Crippen molar-refractivity contribution in [2.45, 2.75) is 25.4 Å². The number of aliphatic hydroxyl groups is 1. The maximum Gasteiger partial charge on any atom is 0.337 e. The summed E-state index contributed by atoms with van der Waals surface area (Å²) in [7, 11) is 0. The van der Waals surface area contributed by atoms with E-state index in [0.29, 0.717) is 12.5 Å². The molecule has 1 unspecified atom stereocenters. The van der Waals surface area contributed by atoms with Gasteiger partial charge in [0.2, 0.25) is 0 Å². The van der Waals surface area contributed by atoms with Crippen molar-refractivity contribution in [2.24, 2.45) is 5.92 Å². The molecule has 1 rings (SSSR count). The Morgan fingerprint density at radius 3 is 2.67 bits per heavy atom. The van der Waals surface area contributed by atoms with Gasteiger partial charge in [-0.2, -0.15) is 0 Å². The molecule has 0 aromatic heterocycles. The highest BCUT2D eigenvalue weighted by Crippen LogP contribution is 2.29. The van der Waals surface area contributed by atoms with E-state index in [-0.39, 0.29) is 6.61 Å². The largest absolute Gasteiger partial charge is 0.479 e. The minimum atomic E-state index is -1.74. The lowest BCUT2D eigenvalue weighted by Gasteiger charge is -2.17. The summed E-state index contributed by atoms with van der Waals surface area (Å²) in [6.45, 7) is 1.69. The number of hydrogen-bond acceptors (Lipinski definition) is 3. The molecular weight excluding hydrogens is 160 g/mol. The van der Waals surface area contributed by atoms with E-state index in [1.54, 1.807) is 0 Å². The van der Waals surface area contributed by atoms with Crippen molar-refractivity contribution in [1.82, 2.24) is 0 Å². The summed E-state index contributed by atoms with van der Waals surface area (Å²) in [5.74, 6) is -0.645. The summed E-state index contributed by atoms with van der Waals surface area (Å²) in [4.78, 5) is 10.4. The van der Waals surface area contributed by atoms with Crippen LogP contribution in [0.1, 0.15) is 19.8 Å². The van der Waals surface area contributed by atoms with E-state index in [2.05, 4.69) is 0 Å². The van der Waals surface area contributed by atoms with E-state index in [1.165, 1.54) is 6.92 Å². The highest BCUT2D eigenvalue weighted by molar-refractivity contribution is 5.76. The van der Waals surface area contributed by atoms with Gasteiger partial charge in [-0.25, -0.2) is 4.79 Å². The number of hydrogen-bond donors (Lipinski definition) is 2. The van der Waals surface area contributed by atoms with Crippen LogP contribution < -0.4 is 0 Å². The molecule has 12 heavy (non-hydrogen) atoms. The zero-order valence-electron chi connectivity index (χ0n) is 7.12. The van der Waals surface area contributed by atoms with Crippen molar-refractivity contribution in [3.8, 4) is 0 Å². The smallest absolute Gasteiger partial charge is 0.337 e. The Labute approximate surface area is 71.2 Å². The number of carboxylic acid groups (broad SMARTS) is 1. The molecular formula is C8H14O4. The van der Waals surface area contributed by atoms with Crippen molar-refractivity contribution < 1.29 is 19.7 Å². The third-order valence-electron chi connectivity index (χ3n) is 1.89. The van der Waals surface area contributed by atoms with Crippen LogP contribution >= 0.6 is 0 Å². The molecule has 70 valence electrons. The predicted molar refractivity (Wildman–Crippen MR) is 41.8 cm³/mol. The van der Waals surface area contributed by atoms with Gasteiger partial charge >= 0.3 is 5.97 Å². The average Bonchev–Trinajstić information content (AvgIpc) is 2.70. The van der Waals surface area contributed by atoms with Gasteiger partial charge in [0.05, 0.1) is 6.61 Å². The maximum atomic E-state index is 10.4. The third-order valence-corrected chi connectivity index (χ3v) is 1.89. The first-order valence-corrected chi connectivity index (χ1v) is 4.06. The molecule has 0 aromatic carbocycles. The fraction of sp³-hybridized carbons (Fsp3) is 0.875. The van der Waals surface area contributed by atoms with E-state index in [1.807, 2.05) is 0 Å². The molecule has 0 amide bonds. The fourth-order valence-electron chi connectivity index (χ4n) is 0.771. The van der Waals surface area contributed by atoms with Crippen LogP contribution in [-0.4, -0.2) is 35.0 Å². The van der Waals surface area contributed by atoms with Crippen LogP contribution in [0.15, 0.2) is 0 Å². The monoisotopic (exact) mass is 174 g/mol. The SMILES string of the molecule is CC(O)(COCC1CC1)C(=O)O. The molecule has 0 saturated heterocycles. The number of carbonyl (C=O) groups is 1. The normalized spacial score (nSPS) is 21.8. The molecule has 4 heteroatoms. The van der Waals surface area contributed by atoms with Gasteiger partial charge in [0, 0.05) is 6.61 Å². The average molecular weight is 174 g/mol. The number of ether oxygens (including phenoxy) is 1. The molecule has 0 bridgehead atoms. The summed E-state index contributed by atoms with van der Waals surface area (Å²) < 4.78 is 5.05. The lowest BCUT2D eigenvalue weighted by molar-refractivity contribution is -0.162. The van der Waals surface area contributed by atoms with Gasteiger partial charge in [0.15, 0.2) is 5.60 Å². The van der Waals surface area contributed by atoms with Gasteiger partial charge in [-0.15, -0.1) is 0 Å². The molecule has 1 fully saturated rings. The fourth-order valence-corrected chi connectivity index (χ4v) is 0.771. The van der Waals surface area contributed by atoms with Crippen LogP contribution in [0.25, 0.3) is 0 Å². The van der Waals surface area contributed by atoms with E-state index < -0.39 is 11.6 Å². The Balaban J connectivity index is 2.14. The summed E-state index contributed by atoms with van der Waals surface area (Å²) in [6.07, 6.45) is 2.32. The predicted octanol–water partition coefficient (Wildman–Crippen LogP) is 0.249. The third kappa shape index (κ3) is 2.79. The van der Waals surface area contributed by atoms with Gasteiger partial charge < -0.3 is 14.9 Å². The molecule has 4 nitrogen and oxygen atoms in total. The van der Waals surface area contributed by atoms with E-state index >= 15 is 0 Å². The molecule has 0 heterocycles. The van der Waals surface area contributed by atoms with Crippen LogP contribution in [-0.2, 0) is 9.53 Å². The van der Waals surface area contributed by atoms with Gasteiger partial charge in [-0.3, -0.25) is 0 Å². The van der Waals surface area contributed by atoms with Crippen LogP contribution in [0.5, 0.6) is 0 Å². The molecule has 2 N–H and O–H groups in total. The first kappa shape index (κ1) is 9.48. The number of aliphatic carboxylic acids is 1. The van der Waals surface area contributed by atoms with Gasteiger partial charge in [0.1, 0.15) is 0 Å². The quantitative estimate of drug-likeness (QED) is 0.627. The molecule has 0 aliphatic heterocycles. The Bertz CT molecular complexity index is 172. The van der Waals surface area contributed by atoms with Crippen molar-refractivity contribution >= 4 is 5.97 Å². The van der Waals surface area contributed by atoms with Crippen molar-refractivity contribution in [2.75, 3.05) is 13.2 Å². The lowest BCUT2D eigenvalue weighted by atomic mass is 10.1. The summed E-state index contributed by atoms with van der Waals surface area (Å²) in [6, 6.07) is 0. The second-order valence-corrected chi connectivity index (χ2v) is 3.54. The summed E-state index contributed by atoms with van der Waals surface area (Å²) >= 11 is 0. The molecule has 1 aliphatic carbocycles. The lowest BCUT2D eigenvalue weighted by Crippen LogP contribution is -2.40. The number of carboxylic acids is 1. The molecule has 0 aromatic rings. The zero-order chi connectivity index (χ0) is 9.19. The second-order valence-electron chi connectivity index (χ2n) is 3.54. The van der Waals surface area contributed by atoms with E-state index in [9.17, 15) is 9.90 Å². The second kappa shape index (κ2) is 3.41. The van der Waals surface area contributed by atoms with Crippen molar-refractivity contribution in [3.63, 3.8) is 0 Å². The van der Waals surface area contributed by atoms with Gasteiger partial charge in [0.25, 0.3) is 0 Å². The molecule has 0 radical (unpaired) electrons. The Hall–Kier alpha value is -0.610. The van der Waals surface area contributed by atoms with Crippen molar-refractivity contribution in [3.05, 3.63) is 0 Å². The first-order valence-electron chi connectivity index (χ1n) is 4.06. The van der Waals surface area contributed by atoms with E-state index in [0.717, 1.165) is 12.8 Å². The van der Waals surface area contributed by atoms with Crippen LogP contribution in [0.2, 0.25) is 0 Å². The Kier molecular flexibility index (Phi) is 2.69. The molecule has 1 saturated carbocycles. The highest BCUT2D eigenvalue weighted by Gasteiger charge is 2.31. The maximum absolute atomic E-state index is 10.4. The van der Waals surface area contributed by atoms with Crippen molar-refractivity contribution in [1.29, 1.82) is 0 Å². The molecule has 0 spiro atoms. The van der Waals surface area contributed by atoms with Gasteiger partial charge in [-0.1, -0.05) is 0 Å². The first-order chi connectivity index (χ1) is 5.52. The summed E-state index contributed by atoms with van der Waals surface area (Å²) in [5, 5.41) is 17.7. The Morgan fingerprint density at radius 2 is 2.25 bits per heavy atom. The Morgan fingerprint density at radius 1 is 1.67 bits per heavy atom. The van der Waals surface area contributed by atoms with Crippen LogP contribution in [0, 0.1) is 5.92 Å². The minimum absolute atomic E-state index is 0.126. The van der Waals surface area contributed by atoms with Gasteiger partial charge in [-0.05, 0) is 25.7 Å². The highest BCUT2D eigenvalue weighted by atomic mass is 16.5. The van der Waals surface area contributed by atoms with E-state index in [4.69, 9.17) is 9.84 Å². The van der Waals surface area contributed by atoms with Crippen LogP contribution in [0.3, 0.4) is 0 Å². The molecule has 1 atom stereocenters.